The Morgan fingerprint density at radius 1 is 1.64 bits per heavy atom. The molecule has 0 aliphatic rings. The van der Waals surface area contributed by atoms with Crippen molar-refractivity contribution in [2.45, 2.75) is 13.0 Å². The van der Waals surface area contributed by atoms with Gasteiger partial charge >= 0.3 is 0 Å². The predicted molar refractivity (Wildman–Crippen MR) is 53.4 cm³/mol. The van der Waals surface area contributed by atoms with E-state index < -0.39 is 0 Å². The summed E-state index contributed by atoms with van der Waals surface area (Å²) < 4.78 is 0.942. The van der Waals surface area contributed by atoms with E-state index >= 15 is 0 Å². The predicted octanol–water partition coefficient (Wildman–Crippen LogP) is 2.04. The molecule has 6 heteroatoms. The zero-order valence-electron chi connectivity index (χ0n) is 5.87. The van der Waals surface area contributed by atoms with Crippen LogP contribution in [0.1, 0.15) is 18.7 Å². The molecule has 1 aromatic heterocycles. The number of nitrogens with two attached hydrogens (primary N) is 1. The van der Waals surface area contributed by atoms with E-state index in [1.807, 2.05) is 6.92 Å². The van der Waals surface area contributed by atoms with Gasteiger partial charge in [-0.1, -0.05) is 0 Å². The Labute approximate surface area is 86.1 Å². The highest BCUT2D eigenvalue weighted by molar-refractivity contribution is 9.10. The summed E-state index contributed by atoms with van der Waals surface area (Å²) in [4.78, 5) is 0. The first-order chi connectivity index (χ1) is 4.22. The topological polar surface area (TPSA) is 54.7 Å². The van der Waals surface area contributed by atoms with Crippen molar-refractivity contribution in [3.8, 4) is 0 Å². The van der Waals surface area contributed by atoms with Crippen LogP contribution in [0.4, 0.5) is 0 Å². The number of nitrogens with zero attached hydrogens (tertiary/aromatic N) is 1. The molecule has 0 bridgehead atoms. The van der Waals surface area contributed by atoms with Crippen molar-refractivity contribution in [1.29, 1.82) is 0 Å². The van der Waals surface area contributed by atoms with Gasteiger partial charge < -0.3 is 5.73 Å². The monoisotopic (exact) mass is 261 g/mol. The molecule has 1 aromatic rings. The highest BCUT2D eigenvalue weighted by Crippen LogP contribution is 2.17. The van der Waals surface area contributed by atoms with Gasteiger partial charge in [0.05, 0.1) is 16.4 Å². The lowest BCUT2D eigenvalue weighted by Crippen LogP contribution is -2.05. The van der Waals surface area contributed by atoms with Crippen LogP contribution in [-0.4, -0.2) is 10.2 Å². The number of nitrogens with one attached hydrogen (secondary N) is 1. The van der Waals surface area contributed by atoms with E-state index in [0.29, 0.717) is 0 Å². The van der Waals surface area contributed by atoms with Gasteiger partial charge in [-0.3, -0.25) is 5.10 Å². The van der Waals surface area contributed by atoms with E-state index in [4.69, 9.17) is 5.73 Å². The Morgan fingerprint density at radius 3 is 2.36 bits per heavy atom. The van der Waals surface area contributed by atoms with Crippen molar-refractivity contribution in [3.63, 3.8) is 0 Å². The molecule has 0 aliphatic heterocycles. The van der Waals surface area contributed by atoms with Gasteiger partial charge in [-0.15, -0.1) is 24.8 Å². The Morgan fingerprint density at radius 2 is 2.18 bits per heavy atom. The van der Waals surface area contributed by atoms with Crippen molar-refractivity contribution in [3.05, 3.63) is 16.4 Å². The molecule has 3 N–H and O–H groups in total. The third-order valence-corrected chi connectivity index (χ3v) is 1.71. The number of halogens is 3. The fourth-order valence-corrected chi connectivity index (χ4v) is 1.15. The minimum Gasteiger partial charge on any atom is -0.323 e. The molecule has 0 saturated heterocycles. The van der Waals surface area contributed by atoms with Gasteiger partial charge in [0.1, 0.15) is 0 Å². The first kappa shape index (κ1) is 13.8. The molecule has 0 amide bonds. The summed E-state index contributed by atoms with van der Waals surface area (Å²) in [5.41, 5.74) is 6.50. The Hall–Kier alpha value is 0.230. The zero-order chi connectivity index (χ0) is 6.85. The fourth-order valence-electron chi connectivity index (χ4n) is 0.601. The minimum absolute atomic E-state index is 0. The minimum atomic E-state index is 0. The van der Waals surface area contributed by atoms with Gasteiger partial charge in [0.25, 0.3) is 0 Å². The van der Waals surface area contributed by atoms with Gasteiger partial charge in [0.15, 0.2) is 0 Å². The van der Waals surface area contributed by atoms with Crippen LogP contribution in [0.2, 0.25) is 0 Å². The fraction of sp³-hybridized carbons (Fsp3) is 0.400. The SMILES string of the molecule is CC(N)c1[nH]ncc1Br.Cl.Cl. The van der Waals surface area contributed by atoms with E-state index in [1.54, 1.807) is 6.20 Å². The maximum Gasteiger partial charge on any atom is 0.0658 e. The molecule has 0 aliphatic carbocycles. The molecule has 66 valence electrons. The number of hydrogen-bond acceptors (Lipinski definition) is 2. The molecule has 0 aromatic carbocycles. The highest BCUT2D eigenvalue weighted by Gasteiger charge is 2.04. The van der Waals surface area contributed by atoms with E-state index in [2.05, 4.69) is 26.1 Å². The Balaban J connectivity index is 0. The standard InChI is InChI=1S/C5H8BrN3.2ClH/c1-3(7)5-4(6)2-8-9-5;;/h2-3H,7H2,1H3,(H,8,9);2*1H. The smallest absolute Gasteiger partial charge is 0.0658 e. The quantitative estimate of drug-likeness (QED) is 0.814. The molecule has 0 fully saturated rings. The van der Waals surface area contributed by atoms with Crippen LogP contribution in [0, 0.1) is 0 Å². The largest absolute Gasteiger partial charge is 0.323 e. The number of aromatic nitrogens is 2. The molecule has 1 rings (SSSR count). The number of H-pyrrole nitrogens is 1. The molecule has 0 saturated carbocycles. The van der Waals surface area contributed by atoms with Crippen molar-refractivity contribution >= 4 is 40.7 Å². The van der Waals surface area contributed by atoms with E-state index in [9.17, 15) is 0 Å². The second-order valence-electron chi connectivity index (χ2n) is 1.92. The average molecular weight is 263 g/mol. The van der Waals surface area contributed by atoms with Gasteiger partial charge in [0.2, 0.25) is 0 Å². The lowest BCUT2D eigenvalue weighted by molar-refractivity contribution is 0.768. The molecule has 0 radical (unpaired) electrons. The molecular weight excluding hydrogens is 253 g/mol. The molecule has 1 unspecified atom stereocenters. The summed E-state index contributed by atoms with van der Waals surface area (Å²) in [6.07, 6.45) is 1.69. The van der Waals surface area contributed by atoms with Crippen molar-refractivity contribution in [2.75, 3.05) is 0 Å². The van der Waals surface area contributed by atoms with Crippen molar-refractivity contribution < 1.29 is 0 Å². The van der Waals surface area contributed by atoms with Crippen molar-refractivity contribution in [1.82, 2.24) is 10.2 Å². The maximum atomic E-state index is 5.56. The van der Waals surface area contributed by atoms with Gasteiger partial charge in [0, 0.05) is 6.04 Å². The Kier molecular flexibility index (Phi) is 7.31. The second-order valence-corrected chi connectivity index (χ2v) is 2.77. The molecule has 0 spiro atoms. The number of rotatable bonds is 1. The second kappa shape index (κ2) is 5.83. The summed E-state index contributed by atoms with van der Waals surface area (Å²) in [7, 11) is 0. The molecule has 1 atom stereocenters. The van der Waals surface area contributed by atoms with E-state index in [1.165, 1.54) is 0 Å². The molecular formula is C5H10BrCl2N3. The first-order valence-electron chi connectivity index (χ1n) is 2.66. The van der Waals surface area contributed by atoms with Crippen LogP contribution in [0.15, 0.2) is 10.7 Å². The first-order valence-corrected chi connectivity index (χ1v) is 3.45. The molecule has 3 nitrogen and oxygen atoms in total. The molecule has 1 heterocycles. The van der Waals surface area contributed by atoms with E-state index in [0.717, 1.165) is 10.2 Å². The number of aromatic amines is 1. The third-order valence-electron chi connectivity index (χ3n) is 1.08. The van der Waals surface area contributed by atoms with Crippen LogP contribution in [0.3, 0.4) is 0 Å². The van der Waals surface area contributed by atoms with Gasteiger partial charge in [-0.05, 0) is 22.9 Å². The average Bonchev–Trinajstić information content (AvgIpc) is 2.13. The third kappa shape index (κ3) is 3.42. The molecule has 11 heavy (non-hydrogen) atoms. The summed E-state index contributed by atoms with van der Waals surface area (Å²) in [6, 6.07) is 0.0156. The normalized spacial score (nSPS) is 11.2. The van der Waals surface area contributed by atoms with Crippen molar-refractivity contribution in [2.24, 2.45) is 5.73 Å². The summed E-state index contributed by atoms with van der Waals surface area (Å²) in [6.45, 7) is 1.90. The van der Waals surface area contributed by atoms with Crippen LogP contribution >= 0.6 is 40.7 Å². The highest BCUT2D eigenvalue weighted by atomic mass is 79.9. The zero-order valence-corrected chi connectivity index (χ0v) is 9.09. The summed E-state index contributed by atoms with van der Waals surface area (Å²) in [5, 5.41) is 6.57. The van der Waals surface area contributed by atoms with Crippen LogP contribution < -0.4 is 5.73 Å². The van der Waals surface area contributed by atoms with Crippen LogP contribution in [0.5, 0.6) is 0 Å². The van der Waals surface area contributed by atoms with Crippen LogP contribution in [-0.2, 0) is 0 Å². The van der Waals surface area contributed by atoms with Gasteiger partial charge in [-0.2, -0.15) is 5.10 Å². The summed E-state index contributed by atoms with van der Waals surface area (Å²) in [5.74, 6) is 0. The lowest BCUT2D eigenvalue weighted by atomic mass is 10.3. The van der Waals surface area contributed by atoms with Gasteiger partial charge in [-0.25, -0.2) is 0 Å². The summed E-state index contributed by atoms with van der Waals surface area (Å²) >= 11 is 3.29. The Bertz CT molecular complexity index is 201. The van der Waals surface area contributed by atoms with E-state index in [-0.39, 0.29) is 30.9 Å². The lowest BCUT2D eigenvalue weighted by Gasteiger charge is -1.99. The maximum absolute atomic E-state index is 5.56. The number of hydrogen-bond donors (Lipinski definition) is 2. The van der Waals surface area contributed by atoms with Crippen LogP contribution in [0.25, 0.3) is 0 Å².